The molecular weight excluding hydrogens is 524 g/mol. The molecule has 0 radical (unpaired) electrons. The molecule has 0 aromatic heterocycles. The van der Waals surface area contributed by atoms with Crippen LogP contribution in [-0.2, 0) is 19.1 Å². The van der Waals surface area contributed by atoms with Gasteiger partial charge in [-0.1, -0.05) is 38.5 Å². The third kappa shape index (κ3) is 11.9. The molecule has 12 nitrogen and oxygen atoms in total. The van der Waals surface area contributed by atoms with Crippen LogP contribution in [0.25, 0.3) is 0 Å². The lowest BCUT2D eigenvalue weighted by molar-refractivity contribution is -0.385. The van der Waals surface area contributed by atoms with Gasteiger partial charge in [-0.3, -0.25) is 39.4 Å². The lowest BCUT2D eigenvalue weighted by Crippen LogP contribution is -2.14. The maximum absolute atomic E-state index is 12.0. The van der Waals surface area contributed by atoms with Crippen LogP contribution in [0.5, 0.6) is 0 Å². The standard InChI is InChI=1S/C28H32N2O10/c31-25(21-11-15-23(16-12-21)29(35)36)19-39-27(33)9-7-5-3-1-2-4-6-8-10-28(34)40-20-26(32)22-13-17-24(18-14-22)30(37)38/h11-18H,1-10,19-20H2. The maximum Gasteiger partial charge on any atom is 0.306 e. The number of esters is 2. The summed E-state index contributed by atoms with van der Waals surface area (Å²) in [5.74, 6) is -1.77. The number of benzene rings is 2. The smallest absolute Gasteiger partial charge is 0.306 e. The summed E-state index contributed by atoms with van der Waals surface area (Å²) in [5.41, 5.74) is 0.236. The molecule has 0 amide bonds. The van der Waals surface area contributed by atoms with Crippen molar-refractivity contribution in [3.05, 3.63) is 79.9 Å². The monoisotopic (exact) mass is 556 g/mol. The SMILES string of the molecule is O=C(CCCCCCCCCCC(=O)OCC(=O)c1ccc([N+](=O)[O-])cc1)OCC(=O)c1ccc([N+](=O)[O-])cc1. The summed E-state index contributed by atoms with van der Waals surface area (Å²) in [6, 6.07) is 10.2. The largest absolute Gasteiger partial charge is 0.457 e. The molecule has 0 saturated heterocycles. The number of rotatable bonds is 19. The molecule has 0 saturated carbocycles. The number of nitrogens with zero attached hydrogens (tertiary/aromatic N) is 2. The molecule has 2 aromatic rings. The van der Waals surface area contributed by atoms with Gasteiger partial charge in [0.2, 0.25) is 0 Å². The molecule has 40 heavy (non-hydrogen) atoms. The molecule has 0 heterocycles. The minimum absolute atomic E-state index is 0.123. The number of carbonyl (C=O) groups is 4. The van der Waals surface area contributed by atoms with Crippen LogP contribution in [0.3, 0.4) is 0 Å². The Morgan fingerprint density at radius 1 is 0.525 bits per heavy atom. The summed E-state index contributed by atoms with van der Waals surface area (Å²) >= 11 is 0. The summed E-state index contributed by atoms with van der Waals surface area (Å²) < 4.78 is 9.98. The number of hydrogen-bond acceptors (Lipinski definition) is 10. The Hall–Kier alpha value is -4.48. The fourth-order valence-electron chi connectivity index (χ4n) is 3.74. The quantitative estimate of drug-likeness (QED) is 0.0701. The maximum atomic E-state index is 12.0. The van der Waals surface area contributed by atoms with Crippen molar-refractivity contribution in [1.82, 2.24) is 0 Å². The molecule has 0 N–H and O–H groups in total. The van der Waals surface area contributed by atoms with E-state index >= 15 is 0 Å². The fourth-order valence-corrected chi connectivity index (χ4v) is 3.74. The van der Waals surface area contributed by atoms with Gasteiger partial charge in [0.1, 0.15) is 0 Å². The first-order valence-corrected chi connectivity index (χ1v) is 13.0. The number of ether oxygens (including phenoxy) is 2. The van der Waals surface area contributed by atoms with E-state index in [0.29, 0.717) is 12.8 Å². The number of nitro groups is 2. The second-order valence-corrected chi connectivity index (χ2v) is 9.10. The third-order valence-electron chi connectivity index (χ3n) is 6.04. The van der Waals surface area contributed by atoms with Crippen LogP contribution in [0, 0.1) is 20.2 Å². The molecule has 0 aliphatic rings. The highest BCUT2D eigenvalue weighted by atomic mass is 16.6. The third-order valence-corrected chi connectivity index (χ3v) is 6.04. The lowest BCUT2D eigenvalue weighted by atomic mass is 10.1. The molecule has 0 unspecified atom stereocenters. The van der Waals surface area contributed by atoms with E-state index in [-0.39, 0.29) is 35.3 Å². The van der Waals surface area contributed by atoms with Crippen molar-refractivity contribution >= 4 is 34.9 Å². The summed E-state index contributed by atoms with van der Waals surface area (Å²) in [5, 5.41) is 21.3. The molecule has 0 bridgehead atoms. The van der Waals surface area contributed by atoms with Crippen molar-refractivity contribution in [1.29, 1.82) is 0 Å². The molecule has 214 valence electrons. The fraction of sp³-hybridized carbons (Fsp3) is 0.429. The zero-order valence-electron chi connectivity index (χ0n) is 22.1. The van der Waals surface area contributed by atoms with Gasteiger partial charge in [0.15, 0.2) is 24.8 Å². The topological polar surface area (TPSA) is 173 Å². The molecule has 0 atom stereocenters. The highest BCUT2D eigenvalue weighted by molar-refractivity contribution is 5.98. The van der Waals surface area contributed by atoms with Crippen LogP contribution in [-0.4, -0.2) is 46.6 Å². The zero-order valence-corrected chi connectivity index (χ0v) is 22.1. The molecule has 0 aliphatic carbocycles. The van der Waals surface area contributed by atoms with Crippen molar-refractivity contribution in [2.75, 3.05) is 13.2 Å². The lowest BCUT2D eigenvalue weighted by Gasteiger charge is -2.06. The highest BCUT2D eigenvalue weighted by Gasteiger charge is 2.13. The van der Waals surface area contributed by atoms with Gasteiger partial charge in [0.25, 0.3) is 11.4 Å². The van der Waals surface area contributed by atoms with Crippen LogP contribution in [0.1, 0.15) is 84.9 Å². The first-order valence-electron chi connectivity index (χ1n) is 13.0. The van der Waals surface area contributed by atoms with Crippen molar-refractivity contribution in [3.8, 4) is 0 Å². The van der Waals surface area contributed by atoms with E-state index in [1.807, 2.05) is 0 Å². The summed E-state index contributed by atoms with van der Waals surface area (Å²) in [6.07, 6.45) is 7.28. The highest BCUT2D eigenvalue weighted by Crippen LogP contribution is 2.15. The van der Waals surface area contributed by atoms with Crippen LogP contribution in [0.4, 0.5) is 11.4 Å². The summed E-state index contributed by atoms with van der Waals surface area (Å²) in [4.78, 5) is 67.9. The van der Waals surface area contributed by atoms with Crippen LogP contribution < -0.4 is 0 Å². The Balaban J connectivity index is 1.43. The molecule has 12 heteroatoms. The molecular formula is C28H32N2O10. The van der Waals surface area contributed by atoms with Gasteiger partial charge in [-0.2, -0.15) is 0 Å². The Morgan fingerprint density at radius 3 is 1.12 bits per heavy atom. The van der Waals surface area contributed by atoms with Crippen LogP contribution in [0.2, 0.25) is 0 Å². The molecule has 2 aromatic carbocycles. The van der Waals surface area contributed by atoms with Gasteiger partial charge < -0.3 is 9.47 Å². The van der Waals surface area contributed by atoms with Crippen molar-refractivity contribution in [2.24, 2.45) is 0 Å². The number of Topliss-reactive ketones (excluding diaryl/α,β-unsaturated/α-hetero) is 2. The van der Waals surface area contributed by atoms with Crippen LogP contribution >= 0.6 is 0 Å². The van der Waals surface area contributed by atoms with Gasteiger partial charge in [0, 0.05) is 48.2 Å². The summed E-state index contributed by atoms with van der Waals surface area (Å²) in [7, 11) is 0. The van der Waals surface area contributed by atoms with Gasteiger partial charge in [-0.05, 0) is 37.1 Å². The number of ketones is 2. The normalized spacial score (nSPS) is 10.5. The number of nitro benzene ring substituents is 2. The van der Waals surface area contributed by atoms with E-state index in [4.69, 9.17) is 9.47 Å². The first kappa shape index (κ1) is 31.7. The minimum atomic E-state index is -0.560. The van der Waals surface area contributed by atoms with E-state index in [2.05, 4.69) is 0 Å². The zero-order chi connectivity index (χ0) is 29.3. The Kier molecular flexibility index (Phi) is 13.6. The van der Waals surface area contributed by atoms with E-state index in [9.17, 15) is 39.4 Å². The van der Waals surface area contributed by atoms with Gasteiger partial charge in [-0.15, -0.1) is 0 Å². The predicted molar refractivity (Wildman–Crippen MR) is 143 cm³/mol. The van der Waals surface area contributed by atoms with Gasteiger partial charge in [0.05, 0.1) is 9.85 Å². The molecule has 0 aliphatic heterocycles. The molecule has 2 rings (SSSR count). The van der Waals surface area contributed by atoms with Gasteiger partial charge >= 0.3 is 11.9 Å². The minimum Gasteiger partial charge on any atom is -0.457 e. The Morgan fingerprint density at radius 2 is 0.825 bits per heavy atom. The van der Waals surface area contributed by atoms with E-state index in [1.165, 1.54) is 48.5 Å². The number of non-ortho nitro benzene ring substituents is 2. The van der Waals surface area contributed by atoms with E-state index in [1.54, 1.807) is 0 Å². The van der Waals surface area contributed by atoms with Crippen LogP contribution in [0.15, 0.2) is 48.5 Å². The first-order chi connectivity index (χ1) is 19.2. The number of carbonyl (C=O) groups excluding carboxylic acids is 4. The molecule has 0 spiro atoms. The Bertz CT molecular complexity index is 1080. The second kappa shape index (κ2) is 17.2. The average molecular weight is 557 g/mol. The number of hydrogen-bond donors (Lipinski definition) is 0. The van der Waals surface area contributed by atoms with E-state index in [0.717, 1.165) is 38.5 Å². The predicted octanol–water partition coefficient (Wildman–Crippen LogP) is 5.56. The van der Waals surface area contributed by atoms with Crippen molar-refractivity contribution in [3.63, 3.8) is 0 Å². The van der Waals surface area contributed by atoms with Crippen molar-refractivity contribution in [2.45, 2.75) is 64.2 Å². The second-order valence-electron chi connectivity index (χ2n) is 9.10. The van der Waals surface area contributed by atoms with Gasteiger partial charge in [-0.25, -0.2) is 0 Å². The summed E-state index contributed by atoms with van der Waals surface area (Å²) in [6.45, 7) is -0.805. The number of unbranched alkanes of at least 4 members (excludes halogenated alkanes) is 7. The Labute approximate surface area is 231 Å². The van der Waals surface area contributed by atoms with E-state index < -0.39 is 46.6 Å². The van der Waals surface area contributed by atoms with Crippen molar-refractivity contribution < 1.29 is 38.5 Å². The molecule has 0 fully saturated rings. The average Bonchev–Trinajstić information content (AvgIpc) is 2.95.